The lowest BCUT2D eigenvalue weighted by Gasteiger charge is -2.41. The first kappa shape index (κ1) is 44.8. The van der Waals surface area contributed by atoms with Crippen LogP contribution in [0.25, 0.3) is 0 Å². The van der Waals surface area contributed by atoms with Crippen LogP contribution in [0.4, 0.5) is 0 Å². The van der Waals surface area contributed by atoms with Gasteiger partial charge in [-0.05, 0) is 38.5 Å². The molecule has 0 aromatic carbocycles. The molecule has 0 bridgehead atoms. The van der Waals surface area contributed by atoms with E-state index in [1.54, 1.807) is 6.08 Å². The van der Waals surface area contributed by atoms with Crippen LogP contribution in [-0.4, -0.2) is 97.5 Å². The fraction of sp³-hybridized carbons (Fsp3) is 0.694. The lowest BCUT2D eigenvalue weighted by atomic mass is 9.99. The average molecular weight is 717 g/mol. The van der Waals surface area contributed by atoms with Crippen LogP contribution < -0.4 is 0 Å². The van der Waals surface area contributed by atoms with Crippen LogP contribution in [0.1, 0.15) is 97.3 Å². The average Bonchev–Trinajstić information content (AvgIpc) is 3.06. The zero-order valence-corrected chi connectivity index (χ0v) is 30.0. The second kappa shape index (κ2) is 28.5. The highest BCUT2D eigenvalue weighted by atomic mass is 32.3. The Labute approximate surface area is 293 Å². The molecule has 0 saturated carbocycles. The summed E-state index contributed by atoms with van der Waals surface area (Å²) in [5.74, 6) is -0.532. The normalized spacial score (nSPS) is 22.8. The largest absolute Gasteiger partial charge is 0.457 e. The number of aliphatic hydroxyl groups excluding tert-OH is 3. The van der Waals surface area contributed by atoms with Crippen molar-refractivity contribution in [2.45, 2.75) is 134 Å². The molecule has 12 nitrogen and oxygen atoms in total. The third-order valence-corrected chi connectivity index (χ3v) is 7.90. The first-order chi connectivity index (χ1) is 23.6. The zero-order valence-electron chi connectivity index (χ0n) is 29.2. The Morgan fingerprint density at radius 3 is 1.88 bits per heavy atom. The number of carbonyl (C=O) groups excluding carboxylic acids is 1. The van der Waals surface area contributed by atoms with Gasteiger partial charge < -0.3 is 34.3 Å². The molecule has 0 aliphatic carbocycles. The summed E-state index contributed by atoms with van der Waals surface area (Å²) in [6.45, 7) is 3.65. The van der Waals surface area contributed by atoms with Gasteiger partial charge in [-0.1, -0.05) is 113 Å². The highest BCUT2D eigenvalue weighted by Gasteiger charge is 2.48. The summed E-state index contributed by atoms with van der Waals surface area (Å²) >= 11 is 0. The van der Waals surface area contributed by atoms with Gasteiger partial charge >= 0.3 is 16.4 Å². The third-order valence-electron chi connectivity index (χ3n) is 7.44. The minimum atomic E-state index is -5.06. The van der Waals surface area contributed by atoms with Gasteiger partial charge in [0, 0.05) is 6.61 Å². The fourth-order valence-electron chi connectivity index (χ4n) is 4.80. The number of unbranched alkanes of at least 4 members (excludes halogenated alkanes) is 6. The van der Waals surface area contributed by atoms with Gasteiger partial charge in [0.05, 0.1) is 26.2 Å². The summed E-state index contributed by atoms with van der Waals surface area (Å²) in [6.07, 6.45) is 23.2. The Bertz CT molecular complexity index is 1100. The van der Waals surface area contributed by atoms with Crippen molar-refractivity contribution in [1.29, 1.82) is 0 Å². The predicted molar refractivity (Wildman–Crippen MR) is 188 cm³/mol. The van der Waals surface area contributed by atoms with Crippen molar-refractivity contribution in [3.8, 4) is 0 Å². The Morgan fingerprint density at radius 2 is 1.33 bits per heavy atom. The maximum atomic E-state index is 12.6. The topological polar surface area (TPSA) is 178 Å². The highest BCUT2D eigenvalue weighted by Crippen LogP contribution is 2.25. The maximum absolute atomic E-state index is 12.6. The van der Waals surface area contributed by atoms with Gasteiger partial charge in [0.1, 0.15) is 30.5 Å². The Kier molecular flexibility index (Phi) is 26.1. The number of hydrogen-bond donors (Lipinski definition) is 4. The summed E-state index contributed by atoms with van der Waals surface area (Å²) in [6, 6.07) is 0. The molecule has 0 aromatic heterocycles. The molecule has 1 heterocycles. The van der Waals surface area contributed by atoms with Crippen LogP contribution in [0, 0.1) is 0 Å². The minimum Gasteiger partial charge on any atom is -0.457 e. The monoisotopic (exact) mass is 716 g/mol. The number of ether oxygens (including phenoxy) is 4. The Balaban J connectivity index is 2.61. The summed E-state index contributed by atoms with van der Waals surface area (Å²) in [5.41, 5.74) is 0. The molecule has 4 N–H and O–H groups in total. The van der Waals surface area contributed by atoms with E-state index >= 15 is 0 Å². The van der Waals surface area contributed by atoms with Crippen LogP contribution in [0.3, 0.4) is 0 Å². The van der Waals surface area contributed by atoms with Crippen molar-refractivity contribution in [2.75, 3.05) is 26.4 Å². The van der Waals surface area contributed by atoms with Crippen molar-refractivity contribution in [2.24, 2.45) is 0 Å². The van der Waals surface area contributed by atoms with Gasteiger partial charge in [0.2, 0.25) is 0 Å². The maximum Gasteiger partial charge on any atom is 0.397 e. The van der Waals surface area contributed by atoms with Crippen molar-refractivity contribution in [3.05, 3.63) is 60.8 Å². The molecule has 1 aliphatic heterocycles. The molecule has 0 aromatic rings. The molecule has 6 atom stereocenters. The summed E-state index contributed by atoms with van der Waals surface area (Å²) in [4.78, 5) is 12.6. The lowest BCUT2D eigenvalue weighted by Crippen LogP contribution is -2.60. The lowest BCUT2D eigenvalue weighted by molar-refractivity contribution is -0.301. The molecular weight excluding hydrogens is 656 g/mol. The zero-order chi connectivity index (χ0) is 36.2. The van der Waals surface area contributed by atoms with E-state index in [-0.39, 0.29) is 19.6 Å². The van der Waals surface area contributed by atoms with E-state index in [0.717, 1.165) is 44.9 Å². The molecule has 1 aliphatic rings. The van der Waals surface area contributed by atoms with E-state index in [2.05, 4.69) is 60.6 Å². The summed E-state index contributed by atoms with van der Waals surface area (Å²) in [5, 5.41) is 30.4. The van der Waals surface area contributed by atoms with E-state index in [4.69, 9.17) is 23.5 Å². The van der Waals surface area contributed by atoms with Crippen LogP contribution >= 0.6 is 0 Å². The number of aliphatic hydroxyl groups is 3. The predicted octanol–water partition coefficient (Wildman–Crippen LogP) is 5.45. The smallest absolute Gasteiger partial charge is 0.397 e. The first-order valence-electron chi connectivity index (χ1n) is 17.5. The van der Waals surface area contributed by atoms with Crippen LogP contribution in [0.5, 0.6) is 0 Å². The van der Waals surface area contributed by atoms with Gasteiger partial charge in [0.15, 0.2) is 6.29 Å². The first-order valence-corrected chi connectivity index (χ1v) is 18.9. The van der Waals surface area contributed by atoms with Gasteiger partial charge in [-0.3, -0.25) is 9.35 Å². The Hall–Kier alpha value is -2.20. The van der Waals surface area contributed by atoms with Crippen LogP contribution in [0.15, 0.2) is 60.8 Å². The molecule has 1 rings (SSSR count). The van der Waals surface area contributed by atoms with Gasteiger partial charge in [-0.2, -0.15) is 8.42 Å². The fourth-order valence-corrected chi connectivity index (χ4v) is 5.31. The number of esters is 1. The second-order valence-corrected chi connectivity index (χ2v) is 12.8. The molecule has 1 saturated heterocycles. The minimum absolute atomic E-state index is 0.00689. The van der Waals surface area contributed by atoms with E-state index < -0.39 is 59.8 Å². The second-order valence-electron chi connectivity index (χ2n) is 11.7. The number of hydrogen-bond acceptors (Lipinski definition) is 11. The van der Waals surface area contributed by atoms with Crippen LogP contribution in [0.2, 0.25) is 0 Å². The molecule has 0 amide bonds. The molecule has 6 unspecified atom stereocenters. The number of allylic oxidation sites excluding steroid dienone is 9. The molecular formula is C36H60O12S. The van der Waals surface area contributed by atoms with Crippen molar-refractivity contribution < 1.29 is 56.2 Å². The number of carbonyl (C=O) groups is 1. The van der Waals surface area contributed by atoms with Crippen LogP contribution in [-0.2, 0) is 38.3 Å². The van der Waals surface area contributed by atoms with E-state index in [0.29, 0.717) is 13.0 Å². The molecule has 0 radical (unpaired) electrons. The third kappa shape index (κ3) is 23.0. The van der Waals surface area contributed by atoms with Crippen molar-refractivity contribution in [3.63, 3.8) is 0 Å². The van der Waals surface area contributed by atoms with E-state index in [1.165, 1.54) is 25.7 Å². The van der Waals surface area contributed by atoms with E-state index in [9.17, 15) is 28.5 Å². The standard InChI is InChI=1S/C36H60O12S/c1-3-5-7-9-11-12-13-14-15-16-17-18-19-21-23-25-32(38)46-30(28-44-26-24-22-20-10-8-6-4-2)29-45-36-34(40)35(48-49(41,42)43)33(39)31(27-37)47-36/h5,7,11-12,14-15,17-18,21,23,30-31,33-37,39-40H,3-4,6,8-10,13,16,19-20,22,24-29H2,1-2H3,(H,41,42,43)/b7-5-,12-11-,15-14-,18-17-,23-21-. The van der Waals surface area contributed by atoms with Crippen molar-refractivity contribution >= 4 is 16.4 Å². The van der Waals surface area contributed by atoms with E-state index in [1.807, 2.05) is 12.2 Å². The molecule has 282 valence electrons. The molecule has 1 fully saturated rings. The SMILES string of the molecule is CC/C=C\C/C=C\C/C=C\C/C=C\C/C=C\CC(=O)OC(COCCCCCCCCC)COC1OC(CO)C(O)C(OS(=O)(=O)O)C1O. The highest BCUT2D eigenvalue weighted by molar-refractivity contribution is 7.80. The molecule has 0 spiro atoms. The molecule has 49 heavy (non-hydrogen) atoms. The van der Waals surface area contributed by atoms with Gasteiger partial charge in [-0.15, -0.1) is 0 Å². The quantitative estimate of drug-likeness (QED) is 0.0349. The van der Waals surface area contributed by atoms with Gasteiger partial charge in [-0.25, -0.2) is 4.18 Å². The Morgan fingerprint density at radius 1 is 0.776 bits per heavy atom. The summed E-state index contributed by atoms with van der Waals surface area (Å²) in [7, 11) is -5.06. The van der Waals surface area contributed by atoms with Gasteiger partial charge in [0.25, 0.3) is 0 Å². The summed E-state index contributed by atoms with van der Waals surface area (Å²) < 4.78 is 58.3. The number of rotatable bonds is 28. The molecule has 13 heteroatoms. The van der Waals surface area contributed by atoms with Crippen molar-refractivity contribution in [1.82, 2.24) is 0 Å².